The van der Waals surface area contributed by atoms with Gasteiger partial charge in [0.2, 0.25) is 0 Å². The number of carbonyl (C=O) groups excluding carboxylic acids is 3. The first-order valence-corrected chi connectivity index (χ1v) is 8.84. The van der Waals surface area contributed by atoms with Gasteiger partial charge in [-0.1, -0.05) is 35.3 Å². The van der Waals surface area contributed by atoms with Gasteiger partial charge in [-0.2, -0.15) is 0 Å². The molecule has 2 aromatic rings. The van der Waals surface area contributed by atoms with Gasteiger partial charge in [-0.25, -0.2) is 4.79 Å². The summed E-state index contributed by atoms with van der Waals surface area (Å²) in [4.78, 5) is 34.2. The number of ether oxygens (including phenoxy) is 1. The summed E-state index contributed by atoms with van der Waals surface area (Å²) in [7, 11) is 0. The van der Waals surface area contributed by atoms with E-state index in [1.807, 2.05) is 0 Å². The fourth-order valence-corrected chi connectivity index (χ4v) is 2.75. The third-order valence-corrected chi connectivity index (χ3v) is 4.42. The Morgan fingerprint density at radius 1 is 1.08 bits per heavy atom. The number of halogens is 2. The van der Waals surface area contributed by atoms with E-state index in [4.69, 9.17) is 27.9 Å². The van der Waals surface area contributed by atoms with Crippen LogP contribution in [0.5, 0.6) is 5.75 Å². The molecule has 2 aromatic carbocycles. The summed E-state index contributed by atoms with van der Waals surface area (Å²) in [5.74, 6) is 0.312. The van der Waals surface area contributed by atoms with E-state index in [-0.39, 0.29) is 5.12 Å². The Labute approximate surface area is 164 Å². The van der Waals surface area contributed by atoms with Crippen molar-refractivity contribution in [2.45, 2.75) is 6.92 Å². The first-order chi connectivity index (χ1) is 12.4. The number of allylic oxidation sites excluding steroid dienone is 1. The van der Waals surface area contributed by atoms with E-state index in [9.17, 15) is 14.4 Å². The molecule has 2 rings (SSSR count). The third-order valence-electron chi connectivity index (χ3n) is 2.94. The number of benzene rings is 2. The predicted molar refractivity (Wildman–Crippen MR) is 105 cm³/mol. The summed E-state index contributed by atoms with van der Waals surface area (Å²) in [6, 6.07) is 11.1. The molecule has 0 aliphatic carbocycles. The van der Waals surface area contributed by atoms with E-state index in [0.29, 0.717) is 38.2 Å². The molecule has 0 radical (unpaired) electrons. The molecule has 0 unspecified atom stereocenters. The Bertz CT molecular complexity index is 866. The first-order valence-electron chi connectivity index (χ1n) is 7.26. The molecule has 0 fully saturated rings. The van der Waals surface area contributed by atoms with Crippen molar-refractivity contribution in [2.75, 3.05) is 5.32 Å². The molecule has 1 amide bonds. The highest BCUT2D eigenvalue weighted by Crippen LogP contribution is 2.25. The summed E-state index contributed by atoms with van der Waals surface area (Å²) in [5.41, 5.74) is 1.14. The summed E-state index contributed by atoms with van der Waals surface area (Å²) in [6.45, 7) is 1.38. The number of hydrogen-bond donors (Lipinski definition) is 1. The minimum Gasteiger partial charge on any atom is -0.410 e. The number of anilines is 1. The fourth-order valence-electron chi connectivity index (χ4n) is 1.87. The van der Waals surface area contributed by atoms with E-state index in [2.05, 4.69) is 5.32 Å². The van der Waals surface area contributed by atoms with Crippen molar-refractivity contribution >= 4 is 64.2 Å². The van der Waals surface area contributed by atoms with Gasteiger partial charge in [0.1, 0.15) is 5.75 Å². The maximum atomic E-state index is 11.9. The number of aldehydes is 1. The summed E-state index contributed by atoms with van der Waals surface area (Å²) < 4.78 is 5.16. The normalized spacial score (nSPS) is 11.0. The van der Waals surface area contributed by atoms with E-state index >= 15 is 0 Å². The Morgan fingerprint density at radius 2 is 1.77 bits per heavy atom. The van der Waals surface area contributed by atoms with Crippen LogP contribution in [0, 0.1) is 0 Å². The van der Waals surface area contributed by atoms with E-state index in [0.717, 1.165) is 11.8 Å². The zero-order valence-electron chi connectivity index (χ0n) is 13.5. The molecule has 134 valence electrons. The van der Waals surface area contributed by atoms with E-state index < -0.39 is 6.09 Å². The molecule has 8 heteroatoms. The second kappa shape index (κ2) is 9.43. The van der Waals surface area contributed by atoms with E-state index in [1.165, 1.54) is 13.0 Å². The highest BCUT2D eigenvalue weighted by Gasteiger charge is 2.07. The van der Waals surface area contributed by atoms with Gasteiger partial charge in [-0.15, -0.1) is 0 Å². The molecule has 1 N–H and O–H groups in total. The van der Waals surface area contributed by atoms with Gasteiger partial charge in [0.05, 0.1) is 15.0 Å². The number of rotatable bonds is 5. The highest BCUT2D eigenvalue weighted by molar-refractivity contribution is 8.17. The summed E-state index contributed by atoms with van der Waals surface area (Å²) in [5, 5.41) is 3.05. The average Bonchev–Trinajstić information content (AvgIpc) is 2.59. The van der Waals surface area contributed by atoms with Crippen molar-refractivity contribution in [3.05, 3.63) is 63.0 Å². The van der Waals surface area contributed by atoms with Gasteiger partial charge >= 0.3 is 6.09 Å². The molecule has 0 heterocycles. The lowest BCUT2D eigenvalue weighted by molar-refractivity contribution is -0.109. The van der Waals surface area contributed by atoms with Crippen LogP contribution in [0.25, 0.3) is 6.08 Å². The number of hydrogen-bond acceptors (Lipinski definition) is 5. The van der Waals surface area contributed by atoms with Crippen molar-refractivity contribution in [2.24, 2.45) is 0 Å². The third kappa shape index (κ3) is 6.22. The van der Waals surface area contributed by atoms with Crippen LogP contribution in [-0.2, 0) is 9.59 Å². The Kier molecular flexibility index (Phi) is 7.26. The molecule has 0 saturated carbocycles. The van der Waals surface area contributed by atoms with Gasteiger partial charge in [0.25, 0.3) is 0 Å². The van der Waals surface area contributed by atoms with Crippen LogP contribution in [0.4, 0.5) is 10.5 Å². The number of amides is 1. The smallest absolute Gasteiger partial charge is 0.410 e. The molecular weight excluding hydrogens is 397 g/mol. The maximum Gasteiger partial charge on any atom is 0.417 e. The molecule has 0 aromatic heterocycles. The fraction of sp³-hybridized carbons (Fsp3) is 0.0556. The molecular formula is C18H13Cl2NO4S. The van der Waals surface area contributed by atoms with Crippen LogP contribution in [0.15, 0.2) is 47.4 Å². The zero-order valence-corrected chi connectivity index (χ0v) is 15.8. The lowest BCUT2D eigenvalue weighted by Gasteiger charge is -2.07. The van der Waals surface area contributed by atoms with Gasteiger partial charge < -0.3 is 4.74 Å². The van der Waals surface area contributed by atoms with Gasteiger partial charge in [-0.05, 0) is 53.7 Å². The Morgan fingerprint density at radius 3 is 2.35 bits per heavy atom. The molecule has 26 heavy (non-hydrogen) atoms. The average molecular weight is 410 g/mol. The standard InChI is InChI=1S/C18H13Cl2NO4S/c1-11(23)26-15(10-22)8-12-2-5-14(6-3-12)25-18(24)21-13-4-7-16(19)17(20)9-13/h2-10H,1H3,(H,21,24)/b15-8-. The molecule has 0 atom stereocenters. The van der Waals surface area contributed by atoms with Crippen LogP contribution in [0.1, 0.15) is 12.5 Å². The minimum absolute atomic E-state index is 0.178. The zero-order chi connectivity index (χ0) is 19.1. The lowest BCUT2D eigenvalue weighted by Crippen LogP contribution is -2.16. The topological polar surface area (TPSA) is 72.5 Å². The van der Waals surface area contributed by atoms with Crippen LogP contribution >= 0.6 is 35.0 Å². The van der Waals surface area contributed by atoms with Gasteiger partial charge in [-0.3, -0.25) is 14.9 Å². The van der Waals surface area contributed by atoms with Crippen LogP contribution < -0.4 is 10.1 Å². The van der Waals surface area contributed by atoms with Crippen LogP contribution in [0.3, 0.4) is 0 Å². The maximum absolute atomic E-state index is 11.9. The second-order valence-corrected chi connectivity index (χ2v) is 7.04. The summed E-state index contributed by atoms with van der Waals surface area (Å²) >= 11 is 12.5. The minimum atomic E-state index is -0.688. The molecule has 5 nitrogen and oxygen atoms in total. The quantitative estimate of drug-likeness (QED) is 0.526. The van der Waals surface area contributed by atoms with Crippen molar-refractivity contribution in [3.63, 3.8) is 0 Å². The van der Waals surface area contributed by atoms with Crippen molar-refractivity contribution < 1.29 is 19.1 Å². The van der Waals surface area contributed by atoms with Crippen LogP contribution in [0.2, 0.25) is 10.0 Å². The number of carbonyl (C=O) groups is 3. The molecule has 0 aliphatic rings. The molecule has 0 bridgehead atoms. The lowest BCUT2D eigenvalue weighted by atomic mass is 10.2. The Hall–Kier alpha value is -2.28. The Balaban J connectivity index is 2.00. The largest absolute Gasteiger partial charge is 0.417 e. The molecule has 0 aliphatic heterocycles. The van der Waals surface area contributed by atoms with Crippen molar-refractivity contribution in [1.29, 1.82) is 0 Å². The first kappa shape index (κ1) is 20.0. The SMILES string of the molecule is CC(=O)S/C(C=O)=C\c1ccc(OC(=O)Nc2ccc(Cl)c(Cl)c2)cc1. The van der Waals surface area contributed by atoms with Crippen LogP contribution in [-0.4, -0.2) is 17.5 Å². The number of thioether (sulfide) groups is 1. The predicted octanol–water partition coefficient (Wildman–Crippen LogP) is 5.42. The van der Waals surface area contributed by atoms with E-state index in [1.54, 1.807) is 42.5 Å². The van der Waals surface area contributed by atoms with Crippen molar-refractivity contribution in [1.82, 2.24) is 0 Å². The molecule has 0 saturated heterocycles. The second-order valence-electron chi connectivity index (χ2n) is 4.97. The molecule has 0 spiro atoms. The monoisotopic (exact) mass is 409 g/mol. The van der Waals surface area contributed by atoms with Crippen molar-refractivity contribution in [3.8, 4) is 5.75 Å². The number of nitrogens with one attached hydrogen (secondary N) is 1. The highest BCUT2D eigenvalue weighted by atomic mass is 35.5. The summed E-state index contributed by atoms with van der Waals surface area (Å²) in [6.07, 6.45) is 1.49. The van der Waals surface area contributed by atoms with Gasteiger partial charge in [0.15, 0.2) is 11.4 Å². The van der Waals surface area contributed by atoms with Gasteiger partial charge in [0, 0.05) is 12.6 Å².